The molecule has 1 fully saturated rings. The quantitative estimate of drug-likeness (QED) is 0.795. The average molecular weight is 379 g/mol. The van der Waals surface area contributed by atoms with E-state index in [1.54, 1.807) is 12.1 Å². The Morgan fingerprint density at radius 1 is 1.12 bits per heavy atom. The summed E-state index contributed by atoms with van der Waals surface area (Å²) in [6.45, 7) is 0. The average Bonchev–Trinajstić information content (AvgIpc) is 2.84. The number of nitrogens with one attached hydrogen (secondary N) is 1. The number of carbonyl (C=O) groups is 3. The molecule has 1 aliphatic rings. The molecule has 2 aromatic rings. The van der Waals surface area contributed by atoms with E-state index in [0.717, 1.165) is 4.90 Å². The van der Waals surface area contributed by atoms with Gasteiger partial charge in [0.05, 0.1) is 28.4 Å². The molecule has 0 aromatic heterocycles. The molecule has 6 nitrogen and oxygen atoms in total. The van der Waals surface area contributed by atoms with Gasteiger partial charge >= 0.3 is 5.97 Å². The molecule has 128 valence electrons. The molecule has 0 saturated carbocycles. The van der Waals surface area contributed by atoms with E-state index >= 15 is 0 Å². The highest BCUT2D eigenvalue weighted by molar-refractivity contribution is 6.36. The third-order valence-corrected chi connectivity index (χ3v) is 4.33. The van der Waals surface area contributed by atoms with E-state index in [1.807, 2.05) is 0 Å². The summed E-state index contributed by atoms with van der Waals surface area (Å²) in [5, 5.41) is 12.7. The molecule has 2 aromatic carbocycles. The van der Waals surface area contributed by atoms with E-state index in [0.29, 0.717) is 21.4 Å². The van der Waals surface area contributed by atoms with E-state index in [-0.39, 0.29) is 17.9 Å². The lowest BCUT2D eigenvalue weighted by Crippen LogP contribution is -2.34. The molecule has 3 rings (SSSR count). The van der Waals surface area contributed by atoms with Crippen LogP contribution in [0.4, 0.5) is 11.4 Å². The minimum Gasteiger partial charge on any atom is -0.478 e. The summed E-state index contributed by atoms with van der Waals surface area (Å²) in [5.74, 6) is -1.89. The van der Waals surface area contributed by atoms with E-state index in [9.17, 15) is 14.4 Å². The van der Waals surface area contributed by atoms with Crippen molar-refractivity contribution in [3.63, 3.8) is 0 Å². The Morgan fingerprint density at radius 3 is 2.40 bits per heavy atom. The predicted molar refractivity (Wildman–Crippen MR) is 94.4 cm³/mol. The first-order valence-electron chi connectivity index (χ1n) is 7.28. The number of carboxylic acids is 1. The summed E-state index contributed by atoms with van der Waals surface area (Å²) in [7, 11) is 0. The van der Waals surface area contributed by atoms with Gasteiger partial charge in [0.15, 0.2) is 0 Å². The molecule has 1 heterocycles. The maximum absolute atomic E-state index is 12.6. The molecular weight excluding hydrogens is 367 g/mol. The lowest BCUT2D eigenvalue weighted by Gasteiger charge is -2.17. The standard InChI is InChI=1S/C17H12Cl2N2O4/c18-10-3-6-13(12(19)7-10)20-14-8-15(22)21(16(14)23)11-4-1-9(2-5-11)17(24)25/h1-7,14,20H,8H2,(H,24,25). The molecule has 0 spiro atoms. The van der Waals surface area contributed by atoms with Gasteiger partial charge in [-0.1, -0.05) is 23.2 Å². The Kier molecular flexibility index (Phi) is 4.65. The van der Waals surface area contributed by atoms with E-state index in [4.69, 9.17) is 28.3 Å². The van der Waals surface area contributed by atoms with Crippen molar-refractivity contribution in [1.82, 2.24) is 0 Å². The number of benzene rings is 2. The summed E-state index contributed by atoms with van der Waals surface area (Å²) in [6, 6.07) is 9.57. The van der Waals surface area contributed by atoms with Gasteiger partial charge < -0.3 is 10.4 Å². The van der Waals surface area contributed by atoms with Crippen molar-refractivity contribution < 1.29 is 19.5 Å². The number of anilines is 2. The van der Waals surface area contributed by atoms with Gasteiger partial charge in [0, 0.05) is 5.02 Å². The van der Waals surface area contributed by atoms with Gasteiger partial charge in [0.25, 0.3) is 5.91 Å². The second-order valence-corrected chi connectivity index (χ2v) is 6.29. The molecule has 1 atom stereocenters. The van der Waals surface area contributed by atoms with Gasteiger partial charge in [0.1, 0.15) is 6.04 Å². The van der Waals surface area contributed by atoms with E-state index < -0.39 is 17.9 Å². The molecule has 1 saturated heterocycles. The van der Waals surface area contributed by atoms with Gasteiger partial charge in [-0.2, -0.15) is 0 Å². The van der Waals surface area contributed by atoms with Crippen LogP contribution < -0.4 is 10.2 Å². The second-order valence-electron chi connectivity index (χ2n) is 5.44. The smallest absolute Gasteiger partial charge is 0.335 e. The van der Waals surface area contributed by atoms with Crippen molar-refractivity contribution in [1.29, 1.82) is 0 Å². The topological polar surface area (TPSA) is 86.7 Å². The Balaban J connectivity index is 1.81. The van der Waals surface area contributed by atoms with Gasteiger partial charge in [0.2, 0.25) is 5.91 Å². The highest BCUT2D eigenvalue weighted by Crippen LogP contribution is 2.29. The van der Waals surface area contributed by atoms with Crippen LogP contribution in [-0.2, 0) is 9.59 Å². The zero-order valence-electron chi connectivity index (χ0n) is 12.7. The number of aromatic carboxylic acids is 1. The number of hydrogen-bond acceptors (Lipinski definition) is 4. The fourth-order valence-electron chi connectivity index (χ4n) is 2.56. The Hall–Kier alpha value is -2.57. The van der Waals surface area contributed by atoms with Crippen LogP contribution in [0.1, 0.15) is 16.8 Å². The van der Waals surface area contributed by atoms with Crippen LogP contribution in [0.15, 0.2) is 42.5 Å². The molecule has 0 aliphatic carbocycles. The third kappa shape index (κ3) is 3.45. The van der Waals surface area contributed by atoms with Crippen LogP contribution in [0.5, 0.6) is 0 Å². The summed E-state index contributed by atoms with van der Waals surface area (Å²) in [4.78, 5) is 36.7. The first-order valence-corrected chi connectivity index (χ1v) is 8.04. The van der Waals surface area contributed by atoms with Gasteiger partial charge in [-0.15, -0.1) is 0 Å². The van der Waals surface area contributed by atoms with Crippen molar-refractivity contribution >= 4 is 52.4 Å². The maximum atomic E-state index is 12.6. The lowest BCUT2D eigenvalue weighted by atomic mass is 10.2. The zero-order chi connectivity index (χ0) is 18.1. The Morgan fingerprint density at radius 2 is 1.80 bits per heavy atom. The summed E-state index contributed by atoms with van der Waals surface area (Å²) in [6.07, 6.45) is -0.0293. The van der Waals surface area contributed by atoms with Crippen LogP contribution >= 0.6 is 23.2 Å². The number of hydrogen-bond donors (Lipinski definition) is 2. The van der Waals surface area contributed by atoms with Crippen molar-refractivity contribution in [3.05, 3.63) is 58.1 Å². The monoisotopic (exact) mass is 378 g/mol. The molecule has 0 bridgehead atoms. The van der Waals surface area contributed by atoms with E-state index in [2.05, 4.69) is 5.32 Å². The number of halogens is 2. The first kappa shape index (κ1) is 17.3. The summed E-state index contributed by atoms with van der Waals surface area (Å²) in [5.41, 5.74) is 0.900. The van der Waals surface area contributed by atoms with Crippen molar-refractivity contribution in [3.8, 4) is 0 Å². The van der Waals surface area contributed by atoms with Crippen molar-refractivity contribution in [2.45, 2.75) is 12.5 Å². The number of carboxylic acid groups (broad SMARTS) is 1. The molecule has 2 amide bonds. The first-order chi connectivity index (χ1) is 11.9. The minimum atomic E-state index is -1.08. The number of rotatable bonds is 4. The molecule has 1 aliphatic heterocycles. The predicted octanol–water partition coefficient (Wildman–Crippen LogP) is 3.44. The molecule has 25 heavy (non-hydrogen) atoms. The summed E-state index contributed by atoms with van der Waals surface area (Å²) < 4.78 is 0. The molecular formula is C17H12Cl2N2O4. The number of imide groups is 1. The van der Waals surface area contributed by atoms with Crippen LogP contribution in [0.3, 0.4) is 0 Å². The molecule has 1 unspecified atom stereocenters. The van der Waals surface area contributed by atoms with Gasteiger partial charge in [-0.05, 0) is 42.5 Å². The Labute approximate surface area is 153 Å². The van der Waals surface area contributed by atoms with Crippen LogP contribution in [-0.4, -0.2) is 28.9 Å². The number of carbonyl (C=O) groups excluding carboxylic acids is 2. The molecule has 8 heteroatoms. The fraction of sp³-hybridized carbons (Fsp3) is 0.118. The van der Waals surface area contributed by atoms with Crippen molar-refractivity contribution in [2.24, 2.45) is 0 Å². The normalized spacial score (nSPS) is 17.0. The third-order valence-electron chi connectivity index (χ3n) is 3.78. The van der Waals surface area contributed by atoms with Crippen LogP contribution in [0, 0.1) is 0 Å². The number of nitrogens with zero attached hydrogens (tertiary/aromatic N) is 1. The Bertz CT molecular complexity index is 867. The van der Waals surface area contributed by atoms with Crippen LogP contribution in [0.25, 0.3) is 0 Å². The highest BCUT2D eigenvalue weighted by atomic mass is 35.5. The van der Waals surface area contributed by atoms with Gasteiger partial charge in [-0.25, -0.2) is 9.69 Å². The minimum absolute atomic E-state index is 0.0293. The largest absolute Gasteiger partial charge is 0.478 e. The fourth-order valence-corrected chi connectivity index (χ4v) is 3.03. The summed E-state index contributed by atoms with van der Waals surface area (Å²) >= 11 is 11.9. The van der Waals surface area contributed by atoms with Crippen LogP contribution in [0.2, 0.25) is 10.0 Å². The highest BCUT2D eigenvalue weighted by Gasteiger charge is 2.39. The number of amides is 2. The second kappa shape index (κ2) is 6.74. The molecule has 0 radical (unpaired) electrons. The van der Waals surface area contributed by atoms with Gasteiger partial charge in [-0.3, -0.25) is 9.59 Å². The zero-order valence-corrected chi connectivity index (χ0v) is 14.2. The molecule has 2 N–H and O–H groups in total. The maximum Gasteiger partial charge on any atom is 0.335 e. The SMILES string of the molecule is O=C(O)c1ccc(N2C(=O)CC(Nc3ccc(Cl)cc3Cl)C2=O)cc1. The van der Waals surface area contributed by atoms with Crippen molar-refractivity contribution in [2.75, 3.05) is 10.2 Å². The van der Waals surface area contributed by atoms with E-state index in [1.165, 1.54) is 30.3 Å². The lowest BCUT2D eigenvalue weighted by molar-refractivity contribution is -0.121.